The van der Waals surface area contributed by atoms with Crippen LogP contribution in [0.3, 0.4) is 0 Å². The third kappa shape index (κ3) is 9.09. The van der Waals surface area contributed by atoms with Crippen molar-refractivity contribution >= 4 is 55.4 Å². The number of benzene rings is 3. The number of hydrogen-bond acceptors (Lipinski definition) is 14. The first-order chi connectivity index (χ1) is 36.0. The lowest BCUT2D eigenvalue weighted by atomic mass is 9.59. The number of carbonyl (C=O) groups excluding carboxylic acids is 1. The van der Waals surface area contributed by atoms with Gasteiger partial charge in [0, 0.05) is 93.7 Å². The third-order valence-corrected chi connectivity index (χ3v) is 18.4. The van der Waals surface area contributed by atoms with E-state index in [0.29, 0.717) is 55.4 Å². The number of H-pyrrole nitrogens is 1. The highest BCUT2D eigenvalue weighted by atomic mass is 32.2. The molecule has 2 aromatic heterocycles. The average molecular weight is 1060 g/mol. The van der Waals surface area contributed by atoms with Gasteiger partial charge in [0.15, 0.2) is 11.4 Å². The van der Waals surface area contributed by atoms with E-state index in [2.05, 4.69) is 50.8 Å². The van der Waals surface area contributed by atoms with Crippen molar-refractivity contribution in [1.29, 1.82) is 0 Å². The molecule has 1 saturated carbocycles. The lowest BCUT2D eigenvalue weighted by Crippen LogP contribution is -2.59. The highest BCUT2D eigenvalue weighted by Crippen LogP contribution is 2.56. The zero-order valence-corrected chi connectivity index (χ0v) is 42.7. The molecule has 0 bridgehead atoms. The Balaban J connectivity index is 0.841. The quantitative estimate of drug-likeness (QED) is 0.0885. The Labute approximate surface area is 432 Å². The summed E-state index contributed by atoms with van der Waals surface area (Å²) in [4.78, 5) is 40.2. The van der Waals surface area contributed by atoms with Gasteiger partial charge < -0.3 is 39.0 Å². The molecular formula is C54H61F3N8O9S. The molecule has 1 aliphatic carbocycles. The number of ether oxygens (including phenoxy) is 4. The summed E-state index contributed by atoms with van der Waals surface area (Å²) in [6.45, 7) is 6.16. The van der Waals surface area contributed by atoms with Crippen LogP contribution in [-0.2, 0) is 19.5 Å². The maximum Gasteiger partial charge on any atom is 0.297 e. The second-order valence-corrected chi connectivity index (χ2v) is 23.6. The van der Waals surface area contributed by atoms with Crippen molar-refractivity contribution in [2.45, 2.75) is 124 Å². The van der Waals surface area contributed by atoms with Gasteiger partial charge in [-0.05, 0) is 91.3 Å². The van der Waals surface area contributed by atoms with E-state index in [1.807, 2.05) is 35.2 Å². The number of nitrogens with zero attached hydrogens (tertiary/aromatic N) is 5. The van der Waals surface area contributed by atoms with E-state index in [9.17, 15) is 23.3 Å². The first kappa shape index (κ1) is 49.7. The number of nitrogens with one attached hydrogen (secondary N) is 3. The number of aromatic nitrogens is 2. The monoisotopic (exact) mass is 1050 g/mol. The van der Waals surface area contributed by atoms with Gasteiger partial charge in [0.1, 0.15) is 29.7 Å². The van der Waals surface area contributed by atoms with Gasteiger partial charge in [-0.2, -0.15) is 4.98 Å². The van der Waals surface area contributed by atoms with E-state index in [1.165, 1.54) is 5.56 Å². The number of halogens is 3. The molecule has 4 saturated heterocycles. The number of sulfonamides is 1. The molecule has 0 unspecified atom stereocenters. The zero-order chi connectivity index (χ0) is 52.0. The van der Waals surface area contributed by atoms with Gasteiger partial charge in [0.05, 0.1) is 46.3 Å². The topological polar surface area (TPSA) is 194 Å². The molecule has 4 atom stereocenters. The smallest absolute Gasteiger partial charge is 0.297 e. The Kier molecular flexibility index (Phi) is 12.5. The number of pyridine rings is 1. The highest BCUT2D eigenvalue weighted by Gasteiger charge is 2.53. The van der Waals surface area contributed by atoms with Crippen LogP contribution in [0.5, 0.6) is 11.6 Å². The van der Waals surface area contributed by atoms with Crippen molar-refractivity contribution in [1.82, 2.24) is 19.6 Å². The van der Waals surface area contributed by atoms with Gasteiger partial charge in [0.25, 0.3) is 27.5 Å². The minimum absolute atomic E-state index is 0.00606. The normalized spacial score (nSPS) is 26.0. The van der Waals surface area contributed by atoms with Crippen molar-refractivity contribution in [3.8, 4) is 11.6 Å². The third-order valence-electron chi connectivity index (χ3n) is 17.1. The molecule has 0 radical (unpaired) electrons. The van der Waals surface area contributed by atoms with Crippen LogP contribution < -0.4 is 29.3 Å². The van der Waals surface area contributed by atoms with Crippen LogP contribution in [0.2, 0.25) is 0 Å². The molecule has 1 spiro atoms. The van der Waals surface area contributed by atoms with Gasteiger partial charge >= 0.3 is 0 Å². The molecule has 1 amide bonds. The van der Waals surface area contributed by atoms with E-state index in [1.54, 1.807) is 18.3 Å². The SMILES string of the molecule is CC(C)c1ccccc1[C@@H]1CCC(F)(F)CN1C1CC2(CCN(c3ccc(C(=O)NS(=O)(=O)c4cc5c(c([N+](=O)[O-])c4)N[C@H](C4(F)CCOCC4)CO5)c(N4c5cc6cc[nH]c6nc5O[C@H]5COCC[C@@H]54)c3)CC2)C1. The molecule has 21 heteroatoms. The number of anilines is 4. The number of aromatic amines is 1. The molecule has 3 aromatic carbocycles. The Morgan fingerprint density at radius 1 is 0.920 bits per heavy atom. The van der Waals surface area contributed by atoms with Gasteiger partial charge in [-0.3, -0.25) is 19.8 Å². The summed E-state index contributed by atoms with van der Waals surface area (Å²) in [5.41, 5.74) is 2.13. The summed E-state index contributed by atoms with van der Waals surface area (Å²) in [7, 11) is -4.82. The maximum absolute atomic E-state index is 16.0. The Hall–Kier alpha value is -6.16. The van der Waals surface area contributed by atoms with Crippen LogP contribution in [-0.4, -0.2) is 123 Å². The number of piperidine rings is 2. The van der Waals surface area contributed by atoms with Crippen molar-refractivity contribution < 1.29 is 50.3 Å². The fraction of sp³-hybridized carbons (Fsp3) is 0.519. The van der Waals surface area contributed by atoms with Crippen LogP contribution in [0.15, 0.2) is 77.8 Å². The minimum Gasteiger partial charge on any atom is -0.489 e. The number of alkyl halides is 3. The summed E-state index contributed by atoms with van der Waals surface area (Å²) in [6.07, 6.45) is 5.50. The number of hydrogen-bond donors (Lipinski definition) is 3. The highest BCUT2D eigenvalue weighted by molar-refractivity contribution is 7.90. The molecule has 75 heavy (non-hydrogen) atoms. The van der Waals surface area contributed by atoms with Crippen LogP contribution in [0.25, 0.3) is 11.0 Å². The molecule has 7 aliphatic rings. The summed E-state index contributed by atoms with van der Waals surface area (Å²) >= 11 is 0. The van der Waals surface area contributed by atoms with Gasteiger partial charge in [-0.15, -0.1) is 0 Å². The molecule has 12 rings (SSSR count). The standard InChI is InChI=1S/C54H61F3N8O9S/c1-32(2)37-5-3-4-6-38(37)40-9-12-54(56,57)31-63(40)35-27-52(28-35)13-18-62(19-14-52)34-7-8-39(42(24-34)64-41-11-20-72-29-46(41)74-51-44(64)23-33-10-17-58-49(33)60-51)50(66)61-75(69,70)36-25-43(65(67)68)48-45(26-36)73-30-47(59-48)53(55)15-21-71-22-16-53/h3-8,10,17,23-26,32,35,40-41,46-47,59H,9,11-16,18-22,27-31H2,1-2H3,(H,58,60)(H,61,66)/t40-,41-,46-,47-/m0/s1. The van der Waals surface area contributed by atoms with E-state index in [4.69, 9.17) is 23.9 Å². The van der Waals surface area contributed by atoms with Crippen LogP contribution in [0.4, 0.5) is 41.6 Å². The number of nitro groups is 1. The summed E-state index contributed by atoms with van der Waals surface area (Å²) in [6, 6.07) is 18.0. The van der Waals surface area contributed by atoms with Crippen molar-refractivity contribution in [3.63, 3.8) is 0 Å². The molecule has 17 nitrogen and oxygen atoms in total. The van der Waals surface area contributed by atoms with E-state index in [0.717, 1.165) is 54.5 Å². The second kappa shape index (κ2) is 18.8. The Bertz CT molecular complexity index is 3160. The van der Waals surface area contributed by atoms with Gasteiger partial charge in [-0.25, -0.2) is 26.3 Å². The average Bonchev–Trinajstić information content (AvgIpc) is 3.85. The first-order valence-electron chi connectivity index (χ1n) is 26.2. The predicted molar refractivity (Wildman–Crippen MR) is 274 cm³/mol. The maximum atomic E-state index is 16.0. The fourth-order valence-corrected chi connectivity index (χ4v) is 14.0. The number of amides is 1. The van der Waals surface area contributed by atoms with Crippen molar-refractivity contribution in [3.05, 3.63) is 99.7 Å². The summed E-state index contributed by atoms with van der Waals surface area (Å²) < 4.78 is 101. The predicted octanol–water partition coefficient (Wildman–Crippen LogP) is 9.31. The zero-order valence-electron chi connectivity index (χ0n) is 41.9. The number of fused-ring (bicyclic) bond motifs is 4. The lowest BCUT2D eigenvalue weighted by molar-refractivity contribution is -0.384. The first-order valence-corrected chi connectivity index (χ1v) is 27.6. The fourth-order valence-electron chi connectivity index (χ4n) is 13.0. The van der Waals surface area contributed by atoms with Crippen molar-refractivity contribution in [2.75, 3.05) is 67.8 Å². The van der Waals surface area contributed by atoms with E-state index >= 15 is 13.2 Å². The Morgan fingerprint density at radius 2 is 1.71 bits per heavy atom. The van der Waals surface area contributed by atoms with Crippen molar-refractivity contribution in [2.24, 2.45) is 5.41 Å². The molecule has 6 aliphatic heterocycles. The van der Waals surface area contributed by atoms with Gasteiger partial charge in [0.2, 0.25) is 5.88 Å². The summed E-state index contributed by atoms with van der Waals surface area (Å²) in [5.74, 6) is -3.33. The number of nitro benzene ring substituents is 1. The number of carbonyl (C=O) groups is 1. The van der Waals surface area contributed by atoms with Crippen LogP contribution in [0.1, 0.15) is 105 Å². The molecule has 5 aromatic rings. The van der Waals surface area contributed by atoms with E-state index in [-0.39, 0.29) is 98.7 Å². The minimum atomic E-state index is -4.82. The molecule has 3 N–H and O–H groups in total. The molecular weight excluding hydrogens is 994 g/mol. The summed E-state index contributed by atoms with van der Waals surface area (Å²) in [5, 5.41) is 16.2. The van der Waals surface area contributed by atoms with Crippen LogP contribution >= 0.6 is 0 Å². The number of likely N-dealkylation sites (tertiary alicyclic amines) is 1. The largest absolute Gasteiger partial charge is 0.489 e. The second-order valence-electron chi connectivity index (χ2n) is 22.0. The molecule has 8 heterocycles. The Morgan fingerprint density at radius 3 is 2.48 bits per heavy atom. The lowest BCUT2D eigenvalue weighted by Gasteiger charge is -2.58. The van der Waals surface area contributed by atoms with Crippen LogP contribution in [0, 0.1) is 15.5 Å². The van der Waals surface area contributed by atoms with Gasteiger partial charge in [-0.1, -0.05) is 38.1 Å². The molecule has 5 fully saturated rings. The number of rotatable bonds is 10. The molecule has 398 valence electrons. The van der Waals surface area contributed by atoms with E-state index < -0.39 is 55.2 Å².